The van der Waals surface area contributed by atoms with Crippen LogP contribution in [0.15, 0.2) is 72.8 Å². The second-order valence-electron chi connectivity index (χ2n) is 6.03. The van der Waals surface area contributed by atoms with Gasteiger partial charge in [-0.1, -0.05) is 46.9 Å². The minimum atomic E-state index is -0.313. The van der Waals surface area contributed by atoms with Gasteiger partial charge < -0.3 is 10.6 Å². The molecular weight excluding hydrogens is 431 g/mol. The molecule has 0 aliphatic carbocycles. The largest absolute Gasteiger partial charge is 0.323 e. The third-order valence-electron chi connectivity index (χ3n) is 3.87. The third kappa shape index (κ3) is 6.09. The highest BCUT2D eigenvalue weighted by molar-refractivity contribution is 6.35. The molecule has 0 fully saturated rings. The summed E-state index contributed by atoms with van der Waals surface area (Å²) in [4.78, 5) is 24.3. The summed E-state index contributed by atoms with van der Waals surface area (Å²) in [6.07, 6.45) is 2.98. The van der Waals surface area contributed by atoms with E-state index in [2.05, 4.69) is 10.6 Å². The lowest BCUT2D eigenvalue weighted by Crippen LogP contribution is -2.12. The number of halogens is 3. The van der Waals surface area contributed by atoms with Gasteiger partial charge in [-0.2, -0.15) is 0 Å². The van der Waals surface area contributed by atoms with Gasteiger partial charge in [0.1, 0.15) is 0 Å². The van der Waals surface area contributed by atoms with Crippen LogP contribution >= 0.6 is 34.8 Å². The number of carbonyl (C=O) groups excluding carboxylic acids is 2. The van der Waals surface area contributed by atoms with Crippen LogP contribution in [0.4, 0.5) is 11.4 Å². The summed E-state index contributed by atoms with van der Waals surface area (Å²) in [5.74, 6) is -0.584. The molecule has 3 rings (SSSR count). The summed E-state index contributed by atoms with van der Waals surface area (Å²) < 4.78 is 0. The van der Waals surface area contributed by atoms with E-state index in [4.69, 9.17) is 34.8 Å². The first-order valence-electron chi connectivity index (χ1n) is 8.52. The Labute approximate surface area is 183 Å². The highest BCUT2D eigenvalue weighted by atomic mass is 35.5. The summed E-state index contributed by atoms with van der Waals surface area (Å²) in [6, 6.07) is 18.5. The number of benzene rings is 3. The number of hydrogen-bond donors (Lipinski definition) is 2. The Morgan fingerprint density at radius 3 is 2.07 bits per heavy atom. The van der Waals surface area contributed by atoms with Crippen LogP contribution in [-0.2, 0) is 4.79 Å². The van der Waals surface area contributed by atoms with Gasteiger partial charge in [0, 0.05) is 38.1 Å². The van der Waals surface area contributed by atoms with Crippen LogP contribution in [0, 0.1) is 0 Å². The Morgan fingerprint density at radius 2 is 1.41 bits per heavy atom. The minimum absolute atomic E-state index is 0.271. The van der Waals surface area contributed by atoms with Crippen LogP contribution in [0.5, 0.6) is 0 Å². The van der Waals surface area contributed by atoms with Crippen LogP contribution in [-0.4, -0.2) is 11.8 Å². The molecule has 0 aromatic heterocycles. The van der Waals surface area contributed by atoms with Crippen molar-refractivity contribution >= 4 is 64.1 Å². The van der Waals surface area contributed by atoms with Crippen LogP contribution in [0.1, 0.15) is 15.9 Å². The predicted octanol–water partition coefficient (Wildman–Crippen LogP) is 6.55. The van der Waals surface area contributed by atoms with Gasteiger partial charge in [-0.3, -0.25) is 9.59 Å². The second-order valence-corrected chi connectivity index (χ2v) is 7.31. The van der Waals surface area contributed by atoms with Crippen LogP contribution < -0.4 is 10.6 Å². The van der Waals surface area contributed by atoms with E-state index in [9.17, 15) is 9.59 Å². The van der Waals surface area contributed by atoms with Crippen LogP contribution in [0.3, 0.4) is 0 Å². The third-order valence-corrected chi connectivity index (χ3v) is 4.67. The van der Waals surface area contributed by atoms with E-state index < -0.39 is 0 Å². The average Bonchev–Trinajstić information content (AvgIpc) is 2.69. The van der Waals surface area contributed by atoms with Crippen molar-refractivity contribution in [2.45, 2.75) is 0 Å². The molecule has 4 nitrogen and oxygen atoms in total. The van der Waals surface area contributed by atoms with E-state index in [1.54, 1.807) is 72.8 Å². The first kappa shape index (κ1) is 20.9. The van der Waals surface area contributed by atoms with Crippen molar-refractivity contribution in [2.75, 3.05) is 10.6 Å². The zero-order valence-electron chi connectivity index (χ0n) is 15.0. The minimum Gasteiger partial charge on any atom is -0.323 e. The van der Waals surface area contributed by atoms with Gasteiger partial charge in [0.2, 0.25) is 5.91 Å². The first-order valence-corrected chi connectivity index (χ1v) is 9.65. The molecule has 29 heavy (non-hydrogen) atoms. The summed E-state index contributed by atoms with van der Waals surface area (Å²) in [6.45, 7) is 0. The van der Waals surface area contributed by atoms with Gasteiger partial charge >= 0.3 is 0 Å². The standard InChI is InChI=1S/C22H15Cl3N2O2/c23-16-3-1-2-15(12-16)22(29)27-19-9-7-18(8-10-19)26-21(28)11-5-14-4-6-17(24)13-20(14)25/h1-13H,(H,26,28)(H,27,29). The predicted molar refractivity (Wildman–Crippen MR) is 120 cm³/mol. The Balaban J connectivity index is 1.59. The number of nitrogens with one attached hydrogen (secondary N) is 2. The van der Waals surface area contributed by atoms with E-state index in [0.29, 0.717) is 37.6 Å². The van der Waals surface area contributed by atoms with Crippen molar-refractivity contribution in [1.29, 1.82) is 0 Å². The van der Waals surface area contributed by atoms with E-state index in [-0.39, 0.29) is 11.8 Å². The Kier molecular flexibility index (Phi) is 6.94. The van der Waals surface area contributed by atoms with Crippen molar-refractivity contribution in [1.82, 2.24) is 0 Å². The van der Waals surface area contributed by atoms with Crippen molar-refractivity contribution in [3.8, 4) is 0 Å². The molecule has 3 aromatic rings. The summed E-state index contributed by atoms with van der Waals surface area (Å²) in [5.41, 5.74) is 2.32. The van der Waals surface area contributed by atoms with Gasteiger partial charge in [-0.25, -0.2) is 0 Å². The van der Waals surface area contributed by atoms with Gasteiger partial charge in [-0.05, 0) is 66.2 Å². The quantitative estimate of drug-likeness (QED) is 0.437. The molecular formula is C22H15Cl3N2O2. The molecule has 2 N–H and O–H groups in total. The average molecular weight is 446 g/mol. The molecule has 0 heterocycles. The zero-order valence-corrected chi connectivity index (χ0v) is 17.2. The molecule has 0 aliphatic rings. The molecule has 0 spiro atoms. The van der Waals surface area contributed by atoms with Gasteiger partial charge in [0.05, 0.1) is 0 Å². The fraction of sp³-hybridized carbons (Fsp3) is 0. The van der Waals surface area contributed by atoms with Crippen molar-refractivity contribution in [3.63, 3.8) is 0 Å². The van der Waals surface area contributed by atoms with Crippen molar-refractivity contribution in [3.05, 3.63) is 99.0 Å². The number of rotatable bonds is 5. The Bertz CT molecular complexity index is 1080. The highest BCUT2D eigenvalue weighted by Crippen LogP contribution is 2.22. The van der Waals surface area contributed by atoms with Gasteiger partial charge in [0.15, 0.2) is 0 Å². The lowest BCUT2D eigenvalue weighted by Gasteiger charge is -2.07. The lowest BCUT2D eigenvalue weighted by atomic mass is 10.2. The Hall–Kier alpha value is -2.79. The topological polar surface area (TPSA) is 58.2 Å². The first-order chi connectivity index (χ1) is 13.9. The number of hydrogen-bond acceptors (Lipinski definition) is 2. The second kappa shape index (κ2) is 9.61. The molecule has 0 atom stereocenters. The number of carbonyl (C=O) groups is 2. The fourth-order valence-corrected chi connectivity index (χ4v) is 3.12. The van der Waals surface area contributed by atoms with E-state index in [1.165, 1.54) is 6.08 Å². The van der Waals surface area contributed by atoms with E-state index in [1.807, 2.05) is 0 Å². The van der Waals surface area contributed by atoms with Crippen molar-refractivity contribution in [2.24, 2.45) is 0 Å². The molecule has 7 heteroatoms. The molecule has 0 radical (unpaired) electrons. The fourth-order valence-electron chi connectivity index (χ4n) is 2.46. The molecule has 0 saturated carbocycles. The highest BCUT2D eigenvalue weighted by Gasteiger charge is 2.07. The van der Waals surface area contributed by atoms with Crippen LogP contribution in [0.25, 0.3) is 6.08 Å². The summed E-state index contributed by atoms with van der Waals surface area (Å²) in [5, 5.41) is 6.99. The SMILES string of the molecule is O=C(C=Cc1ccc(Cl)cc1Cl)Nc1ccc(NC(=O)c2cccc(Cl)c2)cc1. The maximum Gasteiger partial charge on any atom is 0.255 e. The molecule has 0 bridgehead atoms. The normalized spacial score (nSPS) is 10.7. The van der Waals surface area contributed by atoms with Gasteiger partial charge in [-0.15, -0.1) is 0 Å². The van der Waals surface area contributed by atoms with Gasteiger partial charge in [0.25, 0.3) is 5.91 Å². The monoisotopic (exact) mass is 444 g/mol. The molecule has 146 valence electrons. The Morgan fingerprint density at radius 1 is 0.759 bits per heavy atom. The number of amides is 2. The molecule has 2 amide bonds. The maximum atomic E-state index is 12.2. The summed E-state index contributed by atoms with van der Waals surface area (Å²) in [7, 11) is 0. The van der Waals surface area contributed by atoms with Crippen LogP contribution in [0.2, 0.25) is 15.1 Å². The molecule has 0 saturated heterocycles. The maximum absolute atomic E-state index is 12.2. The van der Waals surface area contributed by atoms with E-state index >= 15 is 0 Å². The lowest BCUT2D eigenvalue weighted by molar-refractivity contribution is -0.111. The molecule has 0 aliphatic heterocycles. The van der Waals surface area contributed by atoms with E-state index in [0.717, 1.165) is 0 Å². The summed E-state index contributed by atoms with van der Waals surface area (Å²) >= 11 is 17.8. The smallest absolute Gasteiger partial charge is 0.255 e. The molecule has 3 aromatic carbocycles. The molecule has 0 unspecified atom stereocenters. The zero-order chi connectivity index (χ0) is 20.8. The van der Waals surface area contributed by atoms with Crippen molar-refractivity contribution < 1.29 is 9.59 Å². The number of anilines is 2.